The number of likely N-dealkylation sites (tertiary alicyclic amines) is 1. The highest BCUT2D eigenvalue weighted by Crippen LogP contribution is 2.28. The summed E-state index contributed by atoms with van der Waals surface area (Å²) in [6, 6.07) is 0. The number of hydrogen-bond donors (Lipinski definition) is 0. The molecule has 1 aromatic rings. The second-order valence-corrected chi connectivity index (χ2v) is 3.87. The van der Waals surface area contributed by atoms with Crippen LogP contribution in [0.5, 0.6) is 0 Å². The average Bonchev–Trinajstić information content (AvgIpc) is 2.55. The van der Waals surface area contributed by atoms with E-state index in [1.807, 2.05) is 4.90 Å². The van der Waals surface area contributed by atoms with Crippen molar-refractivity contribution in [2.75, 3.05) is 13.1 Å². The van der Waals surface area contributed by atoms with Crippen molar-refractivity contribution in [3.63, 3.8) is 0 Å². The number of halogens is 2. The van der Waals surface area contributed by atoms with Crippen LogP contribution in [-0.4, -0.2) is 34.1 Å². The minimum absolute atomic E-state index is 0.0832. The van der Waals surface area contributed by atoms with E-state index in [-0.39, 0.29) is 12.8 Å². The van der Waals surface area contributed by atoms with Gasteiger partial charge in [0.15, 0.2) is 5.82 Å². The van der Waals surface area contributed by atoms with Crippen LogP contribution in [0.3, 0.4) is 0 Å². The maximum Gasteiger partial charge on any atom is 0.250 e. The summed E-state index contributed by atoms with van der Waals surface area (Å²) < 4.78 is 30.6. The quantitative estimate of drug-likeness (QED) is 0.754. The minimum Gasteiger partial charge on any atom is -0.338 e. The molecular formula is C9H13F2N3O. The maximum atomic E-state index is 12.8. The van der Waals surface area contributed by atoms with Gasteiger partial charge in [0, 0.05) is 25.9 Å². The van der Waals surface area contributed by atoms with E-state index in [4.69, 9.17) is 4.52 Å². The Balaban J connectivity index is 1.87. The third-order valence-electron chi connectivity index (χ3n) is 2.52. The Hall–Kier alpha value is -1.04. The molecule has 0 unspecified atom stereocenters. The summed E-state index contributed by atoms with van der Waals surface area (Å²) in [5.74, 6) is -1.42. The van der Waals surface area contributed by atoms with Gasteiger partial charge in [-0.3, -0.25) is 4.90 Å². The van der Waals surface area contributed by atoms with Crippen molar-refractivity contribution in [2.45, 2.75) is 32.2 Å². The molecular weight excluding hydrogens is 204 g/mol. The molecule has 6 heteroatoms. The number of alkyl halides is 2. The zero-order valence-corrected chi connectivity index (χ0v) is 8.54. The van der Waals surface area contributed by atoms with Crippen molar-refractivity contribution >= 4 is 0 Å². The summed E-state index contributed by atoms with van der Waals surface area (Å²) in [6.07, 6.45) is -0.166. The summed E-state index contributed by atoms with van der Waals surface area (Å²) in [4.78, 5) is 5.94. The standard InChI is InChI=1S/C9H13F2N3O/c1-7-12-8(15-13-7)6-14-4-2-9(10,11)3-5-14/h2-6H2,1H3. The number of rotatable bonds is 2. The molecule has 84 valence electrons. The van der Waals surface area contributed by atoms with Crippen molar-refractivity contribution < 1.29 is 13.3 Å². The first-order valence-electron chi connectivity index (χ1n) is 4.94. The van der Waals surface area contributed by atoms with E-state index in [0.29, 0.717) is 31.3 Å². The number of aryl methyl sites for hydroxylation is 1. The average molecular weight is 217 g/mol. The van der Waals surface area contributed by atoms with E-state index in [9.17, 15) is 8.78 Å². The fourth-order valence-electron chi connectivity index (χ4n) is 1.63. The highest BCUT2D eigenvalue weighted by molar-refractivity contribution is 4.85. The van der Waals surface area contributed by atoms with Crippen LogP contribution in [0.15, 0.2) is 4.52 Å². The number of aromatic nitrogens is 2. The van der Waals surface area contributed by atoms with Crippen molar-refractivity contribution in [1.82, 2.24) is 15.0 Å². The first-order valence-corrected chi connectivity index (χ1v) is 4.94. The molecule has 0 radical (unpaired) electrons. The zero-order chi connectivity index (χ0) is 10.9. The van der Waals surface area contributed by atoms with Gasteiger partial charge in [0.05, 0.1) is 6.54 Å². The number of nitrogens with zero attached hydrogens (tertiary/aromatic N) is 3. The first kappa shape index (κ1) is 10.5. The third kappa shape index (κ3) is 2.71. The van der Waals surface area contributed by atoms with Crippen molar-refractivity contribution in [3.8, 4) is 0 Å². The fourth-order valence-corrected chi connectivity index (χ4v) is 1.63. The largest absolute Gasteiger partial charge is 0.338 e. The molecule has 0 amide bonds. The van der Waals surface area contributed by atoms with Crippen LogP contribution in [0.4, 0.5) is 8.78 Å². The summed E-state index contributed by atoms with van der Waals surface area (Å²) in [5, 5.41) is 3.65. The van der Waals surface area contributed by atoms with Crippen LogP contribution in [0.25, 0.3) is 0 Å². The van der Waals surface area contributed by atoms with Gasteiger partial charge in [-0.15, -0.1) is 0 Å². The molecule has 2 rings (SSSR count). The van der Waals surface area contributed by atoms with E-state index >= 15 is 0 Å². The van der Waals surface area contributed by atoms with E-state index in [1.54, 1.807) is 6.92 Å². The summed E-state index contributed by atoms with van der Waals surface area (Å²) in [5.41, 5.74) is 0. The van der Waals surface area contributed by atoms with E-state index in [1.165, 1.54) is 0 Å². The van der Waals surface area contributed by atoms with Gasteiger partial charge in [0.2, 0.25) is 5.89 Å². The van der Waals surface area contributed by atoms with Crippen LogP contribution in [0.1, 0.15) is 24.6 Å². The monoisotopic (exact) mass is 217 g/mol. The van der Waals surface area contributed by atoms with Crippen LogP contribution >= 0.6 is 0 Å². The molecule has 1 aromatic heterocycles. The summed E-state index contributed by atoms with van der Waals surface area (Å²) in [7, 11) is 0. The molecule has 2 heterocycles. The maximum absolute atomic E-state index is 12.8. The third-order valence-corrected chi connectivity index (χ3v) is 2.52. The molecule has 0 bridgehead atoms. The van der Waals surface area contributed by atoms with Gasteiger partial charge in [-0.2, -0.15) is 4.98 Å². The topological polar surface area (TPSA) is 42.2 Å². The van der Waals surface area contributed by atoms with Crippen LogP contribution in [0.2, 0.25) is 0 Å². The van der Waals surface area contributed by atoms with E-state index in [2.05, 4.69) is 10.1 Å². The molecule has 0 aliphatic carbocycles. The second kappa shape index (κ2) is 3.84. The molecule has 1 aliphatic rings. The van der Waals surface area contributed by atoms with Crippen molar-refractivity contribution in [1.29, 1.82) is 0 Å². The Morgan fingerprint density at radius 2 is 2.07 bits per heavy atom. The van der Waals surface area contributed by atoms with Crippen molar-refractivity contribution in [3.05, 3.63) is 11.7 Å². The number of hydrogen-bond acceptors (Lipinski definition) is 4. The normalized spacial score (nSPS) is 21.8. The van der Waals surface area contributed by atoms with Gasteiger partial charge in [0.1, 0.15) is 0 Å². The highest BCUT2D eigenvalue weighted by Gasteiger charge is 2.34. The SMILES string of the molecule is Cc1noc(CN2CCC(F)(F)CC2)n1. The summed E-state index contributed by atoms with van der Waals surface area (Å²) in [6.45, 7) is 2.97. The van der Waals surface area contributed by atoms with Crippen LogP contribution in [-0.2, 0) is 6.54 Å². The van der Waals surface area contributed by atoms with Gasteiger partial charge >= 0.3 is 0 Å². The molecule has 0 N–H and O–H groups in total. The van der Waals surface area contributed by atoms with Gasteiger partial charge in [-0.25, -0.2) is 8.78 Å². The molecule has 1 aliphatic heterocycles. The lowest BCUT2D eigenvalue weighted by Crippen LogP contribution is -2.38. The Morgan fingerprint density at radius 3 is 2.60 bits per heavy atom. The van der Waals surface area contributed by atoms with Gasteiger partial charge < -0.3 is 4.52 Å². The van der Waals surface area contributed by atoms with Gasteiger partial charge in [0.25, 0.3) is 5.92 Å². The molecule has 0 spiro atoms. The Labute approximate surface area is 86.3 Å². The smallest absolute Gasteiger partial charge is 0.250 e. The predicted molar refractivity (Wildman–Crippen MR) is 48.5 cm³/mol. The Morgan fingerprint density at radius 1 is 1.40 bits per heavy atom. The van der Waals surface area contributed by atoms with Gasteiger partial charge in [-0.1, -0.05) is 5.16 Å². The van der Waals surface area contributed by atoms with Crippen LogP contribution < -0.4 is 0 Å². The van der Waals surface area contributed by atoms with Crippen molar-refractivity contribution in [2.24, 2.45) is 0 Å². The molecule has 0 saturated carbocycles. The molecule has 15 heavy (non-hydrogen) atoms. The zero-order valence-electron chi connectivity index (χ0n) is 8.54. The molecule has 1 saturated heterocycles. The van der Waals surface area contributed by atoms with Crippen LogP contribution in [0, 0.1) is 6.92 Å². The summed E-state index contributed by atoms with van der Waals surface area (Å²) >= 11 is 0. The predicted octanol–water partition coefficient (Wildman–Crippen LogP) is 1.61. The molecule has 0 aromatic carbocycles. The number of piperidine rings is 1. The first-order chi connectivity index (χ1) is 7.05. The molecule has 0 atom stereocenters. The fraction of sp³-hybridized carbons (Fsp3) is 0.778. The lowest BCUT2D eigenvalue weighted by Gasteiger charge is -2.30. The molecule has 4 nitrogen and oxygen atoms in total. The Kier molecular flexibility index (Phi) is 2.68. The lowest BCUT2D eigenvalue weighted by atomic mass is 10.1. The van der Waals surface area contributed by atoms with E-state index < -0.39 is 5.92 Å². The van der Waals surface area contributed by atoms with Gasteiger partial charge in [-0.05, 0) is 6.92 Å². The van der Waals surface area contributed by atoms with E-state index in [0.717, 1.165) is 0 Å². The second-order valence-electron chi connectivity index (χ2n) is 3.87. The molecule has 1 fully saturated rings. The minimum atomic E-state index is -2.50. The lowest BCUT2D eigenvalue weighted by molar-refractivity contribution is -0.0580. The Bertz CT molecular complexity index is 330. The highest BCUT2D eigenvalue weighted by atomic mass is 19.3.